The highest BCUT2D eigenvalue weighted by atomic mass is 19.4. The summed E-state index contributed by atoms with van der Waals surface area (Å²) in [7, 11) is 1.82. The third-order valence-electron chi connectivity index (χ3n) is 3.81. The van der Waals surface area contributed by atoms with Gasteiger partial charge in [0.2, 0.25) is 0 Å². The van der Waals surface area contributed by atoms with Gasteiger partial charge in [-0.3, -0.25) is 0 Å². The molecule has 1 N–H and O–H groups in total. The number of aromatic nitrogens is 2. The molecule has 3 nitrogen and oxygen atoms in total. The Labute approximate surface area is 131 Å². The van der Waals surface area contributed by atoms with Crippen molar-refractivity contribution in [3.05, 3.63) is 59.3 Å². The fourth-order valence-corrected chi connectivity index (χ4v) is 2.59. The number of hydrogen-bond acceptors (Lipinski definition) is 2. The highest BCUT2D eigenvalue weighted by Gasteiger charge is 2.29. The molecule has 0 aliphatic carbocycles. The molecule has 0 amide bonds. The van der Waals surface area contributed by atoms with Gasteiger partial charge < -0.3 is 9.88 Å². The molecule has 0 saturated heterocycles. The first kappa shape index (κ1) is 15.4. The molecular weight excluding hydrogens is 303 g/mol. The highest BCUT2D eigenvalue weighted by Crippen LogP contribution is 2.29. The van der Waals surface area contributed by atoms with E-state index in [9.17, 15) is 13.2 Å². The summed E-state index contributed by atoms with van der Waals surface area (Å²) in [6, 6.07) is 9.18. The predicted molar refractivity (Wildman–Crippen MR) is 84.6 cm³/mol. The Morgan fingerprint density at radius 2 is 1.83 bits per heavy atom. The van der Waals surface area contributed by atoms with E-state index in [0.29, 0.717) is 6.54 Å². The number of aryl methyl sites for hydroxylation is 1. The number of hydrogen-bond donors (Lipinski definition) is 1. The van der Waals surface area contributed by atoms with Crippen molar-refractivity contribution in [3.8, 4) is 0 Å². The molecule has 0 aliphatic rings. The summed E-state index contributed by atoms with van der Waals surface area (Å²) >= 11 is 0. The van der Waals surface area contributed by atoms with E-state index in [-0.39, 0.29) is 0 Å². The van der Waals surface area contributed by atoms with E-state index in [1.807, 2.05) is 36.9 Å². The quantitative estimate of drug-likeness (QED) is 0.773. The van der Waals surface area contributed by atoms with Gasteiger partial charge in [-0.1, -0.05) is 12.1 Å². The van der Waals surface area contributed by atoms with Gasteiger partial charge in [-0.25, -0.2) is 4.98 Å². The SMILES string of the molecule is CNc1nc2ccn(Cc3ccc(C(F)(F)F)cc3)c2cc1C. The molecule has 1 aromatic carbocycles. The van der Waals surface area contributed by atoms with Crippen LogP contribution >= 0.6 is 0 Å². The molecule has 0 atom stereocenters. The van der Waals surface area contributed by atoms with Crippen molar-refractivity contribution in [2.24, 2.45) is 0 Å². The largest absolute Gasteiger partial charge is 0.416 e. The number of halogens is 3. The maximum atomic E-state index is 12.6. The van der Waals surface area contributed by atoms with Gasteiger partial charge in [0, 0.05) is 19.8 Å². The minimum absolute atomic E-state index is 0.502. The van der Waals surface area contributed by atoms with Crippen molar-refractivity contribution in [2.75, 3.05) is 12.4 Å². The van der Waals surface area contributed by atoms with Crippen molar-refractivity contribution < 1.29 is 13.2 Å². The molecule has 0 unspecified atom stereocenters. The average Bonchev–Trinajstić information content (AvgIpc) is 2.88. The summed E-state index contributed by atoms with van der Waals surface area (Å²) in [4.78, 5) is 4.52. The zero-order valence-corrected chi connectivity index (χ0v) is 12.8. The summed E-state index contributed by atoms with van der Waals surface area (Å²) in [5.41, 5.74) is 3.02. The van der Waals surface area contributed by atoms with E-state index in [1.165, 1.54) is 12.1 Å². The Balaban J connectivity index is 1.91. The van der Waals surface area contributed by atoms with Crippen LogP contribution in [-0.2, 0) is 12.7 Å². The van der Waals surface area contributed by atoms with Crippen LogP contribution in [0.1, 0.15) is 16.7 Å². The minimum atomic E-state index is -4.30. The second-order valence-electron chi connectivity index (χ2n) is 5.45. The second-order valence-corrected chi connectivity index (χ2v) is 5.45. The van der Waals surface area contributed by atoms with Crippen LogP contribution in [0.5, 0.6) is 0 Å². The number of pyridine rings is 1. The van der Waals surface area contributed by atoms with Gasteiger partial charge in [-0.2, -0.15) is 13.2 Å². The molecule has 23 heavy (non-hydrogen) atoms. The van der Waals surface area contributed by atoms with Crippen LogP contribution in [0.25, 0.3) is 11.0 Å². The summed E-state index contributed by atoms with van der Waals surface area (Å²) in [5, 5.41) is 3.04. The third-order valence-corrected chi connectivity index (χ3v) is 3.81. The van der Waals surface area contributed by atoms with Gasteiger partial charge in [0.15, 0.2) is 0 Å². The fourth-order valence-electron chi connectivity index (χ4n) is 2.59. The number of nitrogens with zero attached hydrogens (tertiary/aromatic N) is 2. The van der Waals surface area contributed by atoms with Gasteiger partial charge >= 0.3 is 6.18 Å². The zero-order chi connectivity index (χ0) is 16.6. The van der Waals surface area contributed by atoms with Crippen molar-refractivity contribution in [1.82, 2.24) is 9.55 Å². The molecule has 3 rings (SSSR count). The van der Waals surface area contributed by atoms with Crippen LogP contribution in [0.3, 0.4) is 0 Å². The summed E-state index contributed by atoms with van der Waals surface area (Å²) in [6.07, 6.45) is -2.41. The summed E-state index contributed by atoms with van der Waals surface area (Å²) in [6.45, 7) is 2.47. The molecule has 0 aliphatic heterocycles. The molecule has 0 saturated carbocycles. The van der Waals surface area contributed by atoms with Crippen molar-refractivity contribution in [2.45, 2.75) is 19.6 Å². The maximum Gasteiger partial charge on any atom is 0.416 e. The van der Waals surface area contributed by atoms with Crippen LogP contribution in [0.2, 0.25) is 0 Å². The first-order chi connectivity index (χ1) is 10.9. The zero-order valence-electron chi connectivity index (χ0n) is 12.8. The minimum Gasteiger partial charge on any atom is -0.373 e. The molecule has 0 radical (unpaired) electrons. The van der Waals surface area contributed by atoms with E-state index in [0.717, 1.165) is 40.1 Å². The first-order valence-electron chi connectivity index (χ1n) is 7.19. The lowest BCUT2D eigenvalue weighted by atomic mass is 10.1. The van der Waals surface area contributed by atoms with E-state index >= 15 is 0 Å². The van der Waals surface area contributed by atoms with Crippen LogP contribution in [-0.4, -0.2) is 16.6 Å². The molecule has 3 aromatic rings. The standard InChI is InChI=1S/C17H16F3N3/c1-11-9-15-14(22-16(11)21-2)7-8-23(15)10-12-3-5-13(6-4-12)17(18,19)20/h3-9H,10H2,1-2H3,(H,21,22). The summed E-state index contributed by atoms with van der Waals surface area (Å²) in [5.74, 6) is 0.824. The molecule has 0 fully saturated rings. The lowest BCUT2D eigenvalue weighted by Crippen LogP contribution is -2.05. The molecule has 0 bridgehead atoms. The Bertz CT molecular complexity index is 833. The van der Waals surface area contributed by atoms with Gasteiger partial charge in [0.25, 0.3) is 0 Å². The topological polar surface area (TPSA) is 29.9 Å². The molecule has 2 heterocycles. The van der Waals surface area contributed by atoms with Crippen molar-refractivity contribution >= 4 is 16.9 Å². The molecule has 2 aromatic heterocycles. The monoisotopic (exact) mass is 319 g/mol. The number of fused-ring (bicyclic) bond motifs is 1. The Morgan fingerprint density at radius 3 is 2.43 bits per heavy atom. The maximum absolute atomic E-state index is 12.6. The van der Waals surface area contributed by atoms with E-state index < -0.39 is 11.7 Å². The normalized spacial score (nSPS) is 11.9. The number of anilines is 1. The predicted octanol–water partition coefficient (Wildman–Crippen LogP) is 4.45. The van der Waals surface area contributed by atoms with Crippen molar-refractivity contribution in [1.29, 1.82) is 0 Å². The van der Waals surface area contributed by atoms with Gasteiger partial charge in [0.1, 0.15) is 5.82 Å². The molecule has 120 valence electrons. The van der Waals surface area contributed by atoms with E-state index in [2.05, 4.69) is 10.3 Å². The van der Waals surface area contributed by atoms with Crippen LogP contribution in [0, 0.1) is 6.92 Å². The number of rotatable bonds is 3. The van der Waals surface area contributed by atoms with Crippen LogP contribution < -0.4 is 5.32 Å². The molecular formula is C17H16F3N3. The van der Waals surface area contributed by atoms with Crippen molar-refractivity contribution in [3.63, 3.8) is 0 Å². The second kappa shape index (κ2) is 5.61. The third kappa shape index (κ3) is 3.02. The number of benzene rings is 1. The van der Waals surface area contributed by atoms with E-state index in [1.54, 1.807) is 0 Å². The Kier molecular flexibility index (Phi) is 3.75. The Hall–Kier alpha value is -2.50. The smallest absolute Gasteiger partial charge is 0.373 e. The first-order valence-corrected chi connectivity index (χ1v) is 7.19. The number of alkyl halides is 3. The molecule has 0 spiro atoms. The Morgan fingerprint density at radius 1 is 1.13 bits per heavy atom. The summed E-state index contributed by atoms with van der Waals surface area (Å²) < 4.78 is 39.8. The number of nitrogens with one attached hydrogen (secondary N) is 1. The van der Waals surface area contributed by atoms with Crippen LogP contribution in [0.15, 0.2) is 42.6 Å². The van der Waals surface area contributed by atoms with Gasteiger partial charge in [-0.15, -0.1) is 0 Å². The average molecular weight is 319 g/mol. The van der Waals surface area contributed by atoms with E-state index in [4.69, 9.17) is 0 Å². The van der Waals surface area contributed by atoms with Gasteiger partial charge in [-0.05, 0) is 42.3 Å². The lowest BCUT2D eigenvalue weighted by molar-refractivity contribution is -0.137. The highest BCUT2D eigenvalue weighted by molar-refractivity contribution is 5.79. The van der Waals surface area contributed by atoms with Crippen LogP contribution in [0.4, 0.5) is 19.0 Å². The molecule has 6 heteroatoms. The lowest BCUT2D eigenvalue weighted by Gasteiger charge is -2.10. The van der Waals surface area contributed by atoms with Gasteiger partial charge in [0.05, 0.1) is 16.6 Å². The fraction of sp³-hybridized carbons (Fsp3) is 0.235.